The summed E-state index contributed by atoms with van der Waals surface area (Å²) in [6, 6.07) is 0.573. The van der Waals surface area contributed by atoms with E-state index < -0.39 is 52.8 Å². The molecule has 0 saturated heterocycles. The lowest BCUT2D eigenvalue weighted by Gasteiger charge is -2.28. The fourth-order valence-corrected chi connectivity index (χ4v) is 4.42. The van der Waals surface area contributed by atoms with Gasteiger partial charge in [0.05, 0.1) is 11.1 Å². The SMILES string of the molecule is O=C(c1cc(C(F)(F)F)cc(C(F)(F)F)c1)N1CCc2scc(-c3noc(C(F)(F)F)n3)c2C1. The van der Waals surface area contributed by atoms with Crippen molar-refractivity contribution in [2.75, 3.05) is 6.54 Å². The quantitative estimate of drug-likeness (QED) is 0.390. The molecule has 34 heavy (non-hydrogen) atoms. The third kappa shape index (κ3) is 4.60. The van der Waals surface area contributed by atoms with E-state index in [1.54, 1.807) is 0 Å². The van der Waals surface area contributed by atoms with Crippen molar-refractivity contribution in [1.29, 1.82) is 0 Å². The summed E-state index contributed by atoms with van der Waals surface area (Å²) in [6.07, 6.45) is -15.0. The predicted molar refractivity (Wildman–Crippen MR) is 97.5 cm³/mol. The number of halogens is 9. The smallest absolute Gasteiger partial charge is 0.334 e. The molecule has 0 fully saturated rings. The molecular weight excluding hydrogens is 505 g/mol. The van der Waals surface area contributed by atoms with Crippen molar-refractivity contribution < 1.29 is 48.8 Å². The highest BCUT2D eigenvalue weighted by Gasteiger charge is 2.40. The highest BCUT2D eigenvalue weighted by molar-refractivity contribution is 7.10. The number of amides is 1. The largest absolute Gasteiger partial charge is 0.471 e. The van der Waals surface area contributed by atoms with Crippen molar-refractivity contribution in [3.05, 3.63) is 56.6 Å². The van der Waals surface area contributed by atoms with Gasteiger partial charge in [0.1, 0.15) is 0 Å². The van der Waals surface area contributed by atoms with Crippen LogP contribution >= 0.6 is 11.3 Å². The molecule has 0 unspecified atom stereocenters. The number of hydrogen-bond acceptors (Lipinski definition) is 5. The third-order valence-corrected chi connectivity index (χ3v) is 6.06. The number of benzene rings is 1. The standard InChI is InChI=1S/C19H10F9N3O2S/c20-17(21,22)9-3-8(4-10(5-9)18(23,24)25)15(32)31-2-1-13-11(6-31)12(7-34-13)14-29-16(33-30-14)19(26,27)28/h3-5,7H,1-2,6H2. The van der Waals surface area contributed by atoms with Gasteiger partial charge in [-0.05, 0) is 30.2 Å². The number of hydrogen-bond donors (Lipinski definition) is 0. The molecular formula is C19H10F9N3O2S. The van der Waals surface area contributed by atoms with Gasteiger partial charge in [-0.25, -0.2) is 0 Å². The average molecular weight is 515 g/mol. The summed E-state index contributed by atoms with van der Waals surface area (Å²) >= 11 is 1.15. The van der Waals surface area contributed by atoms with E-state index in [0.717, 1.165) is 16.2 Å². The molecule has 1 amide bonds. The Balaban J connectivity index is 1.67. The lowest BCUT2D eigenvalue weighted by Crippen LogP contribution is -2.36. The van der Waals surface area contributed by atoms with Gasteiger partial charge in [-0.15, -0.1) is 11.3 Å². The minimum atomic E-state index is -5.12. The van der Waals surface area contributed by atoms with Gasteiger partial charge in [0, 0.05) is 34.5 Å². The summed E-state index contributed by atoms with van der Waals surface area (Å²) in [6.45, 7) is -0.302. The fourth-order valence-electron chi connectivity index (χ4n) is 3.38. The van der Waals surface area contributed by atoms with Gasteiger partial charge in [-0.3, -0.25) is 4.79 Å². The molecule has 15 heteroatoms. The predicted octanol–water partition coefficient (Wildman–Crippen LogP) is 6.05. The van der Waals surface area contributed by atoms with E-state index in [-0.39, 0.29) is 31.1 Å². The van der Waals surface area contributed by atoms with Crippen molar-refractivity contribution in [3.63, 3.8) is 0 Å². The Bertz CT molecular complexity index is 1210. The Morgan fingerprint density at radius 1 is 0.941 bits per heavy atom. The zero-order valence-corrected chi connectivity index (χ0v) is 17.2. The van der Waals surface area contributed by atoms with E-state index in [0.29, 0.717) is 22.6 Å². The summed E-state index contributed by atoms with van der Waals surface area (Å²) in [5.41, 5.74) is -3.63. The molecule has 2 aromatic heterocycles. The molecule has 1 aliphatic rings. The molecule has 1 aliphatic heterocycles. The van der Waals surface area contributed by atoms with Crippen LogP contribution in [0.1, 0.15) is 37.8 Å². The first-order chi connectivity index (χ1) is 15.6. The van der Waals surface area contributed by atoms with Crippen LogP contribution in [0, 0.1) is 0 Å². The molecule has 0 atom stereocenters. The maximum atomic E-state index is 13.1. The topological polar surface area (TPSA) is 59.2 Å². The molecule has 3 aromatic rings. The Labute approximate surface area is 187 Å². The second-order valence-electron chi connectivity index (χ2n) is 7.24. The monoisotopic (exact) mass is 515 g/mol. The van der Waals surface area contributed by atoms with Crippen LogP contribution in [0.4, 0.5) is 39.5 Å². The molecule has 0 saturated carbocycles. The van der Waals surface area contributed by atoms with Gasteiger partial charge in [-0.1, -0.05) is 5.16 Å². The van der Waals surface area contributed by atoms with Crippen LogP contribution in [-0.2, 0) is 31.5 Å². The van der Waals surface area contributed by atoms with Crippen LogP contribution in [0.5, 0.6) is 0 Å². The molecule has 182 valence electrons. The zero-order valence-electron chi connectivity index (χ0n) is 16.4. The van der Waals surface area contributed by atoms with Gasteiger partial charge in [0.15, 0.2) is 0 Å². The summed E-state index contributed by atoms with van der Waals surface area (Å²) in [7, 11) is 0. The lowest BCUT2D eigenvalue weighted by atomic mass is 10.0. The van der Waals surface area contributed by atoms with Gasteiger partial charge in [0.25, 0.3) is 5.91 Å². The summed E-state index contributed by atoms with van der Waals surface area (Å²) in [5, 5.41) is 4.73. The number of nitrogens with zero attached hydrogens (tertiary/aromatic N) is 3. The molecule has 0 N–H and O–H groups in total. The second-order valence-corrected chi connectivity index (χ2v) is 8.21. The number of carbonyl (C=O) groups is 1. The number of alkyl halides is 9. The van der Waals surface area contributed by atoms with Crippen molar-refractivity contribution in [2.45, 2.75) is 31.5 Å². The second kappa shape index (κ2) is 7.99. The minimum Gasteiger partial charge on any atom is -0.334 e. The molecule has 0 spiro atoms. The van der Waals surface area contributed by atoms with Crippen LogP contribution in [-0.4, -0.2) is 27.5 Å². The molecule has 0 radical (unpaired) electrons. The Kier molecular flexibility index (Phi) is 5.65. The first kappa shape index (κ1) is 24.0. The minimum absolute atomic E-state index is 0.0244. The van der Waals surface area contributed by atoms with Crippen LogP contribution < -0.4 is 0 Å². The number of carbonyl (C=O) groups excluding carboxylic acids is 1. The van der Waals surface area contributed by atoms with E-state index in [2.05, 4.69) is 14.7 Å². The Morgan fingerprint density at radius 3 is 2.09 bits per heavy atom. The normalized spacial score (nSPS) is 14.9. The molecule has 5 nitrogen and oxygen atoms in total. The first-order valence-electron chi connectivity index (χ1n) is 9.24. The van der Waals surface area contributed by atoms with Crippen LogP contribution in [0.3, 0.4) is 0 Å². The highest BCUT2D eigenvalue weighted by atomic mass is 32.1. The van der Waals surface area contributed by atoms with E-state index in [9.17, 15) is 44.3 Å². The maximum absolute atomic E-state index is 13.1. The van der Waals surface area contributed by atoms with Crippen LogP contribution in [0.2, 0.25) is 0 Å². The van der Waals surface area contributed by atoms with E-state index in [4.69, 9.17) is 0 Å². The average Bonchev–Trinajstić information content (AvgIpc) is 3.38. The maximum Gasteiger partial charge on any atom is 0.471 e. The summed E-state index contributed by atoms with van der Waals surface area (Å²) in [5.74, 6) is -3.09. The lowest BCUT2D eigenvalue weighted by molar-refractivity contribution is -0.159. The van der Waals surface area contributed by atoms with Gasteiger partial charge in [-0.2, -0.15) is 44.5 Å². The molecule has 0 bridgehead atoms. The third-order valence-electron chi connectivity index (χ3n) is 4.97. The van der Waals surface area contributed by atoms with Crippen LogP contribution in [0.15, 0.2) is 28.1 Å². The Hall–Kier alpha value is -3.10. The molecule has 0 aliphatic carbocycles. The molecule has 1 aromatic carbocycles. The van der Waals surface area contributed by atoms with Crippen molar-refractivity contribution in [1.82, 2.24) is 15.0 Å². The first-order valence-corrected chi connectivity index (χ1v) is 10.1. The number of rotatable bonds is 2. The highest BCUT2D eigenvalue weighted by Crippen LogP contribution is 2.39. The van der Waals surface area contributed by atoms with Gasteiger partial charge >= 0.3 is 24.4 Å². The van der Waals surface area contributed by atoms with E-state index in [1.807, 2.05) is 0 Å². The number of aromatic nitrogens is 2. The zero-order chi connectivity index (χ0) is 25.1. The number of fused-ring (bicyclic) bond motifs is 1. The van der Waals surface area contributed by atoms with E-state index >= 15 is 0 Å². The van der Waals surface area contributed by atoms with Crippen molar-refractivity contribution in [3.8, 4) is 11.4 Å². The molecule has 3 heterocycles. The summed E-state index contributed by atoms with van der Waals surface area (Å²) in [4.78, 5) is 17.8. The van der Waals surface area contributed by atoms with Crippen molar-refractivity contribution >= 4 is 17.2 Å². The van der Waals surface area contributed by atoms with Gasteiger partial charge < -0.3 is 9.42 Å². The van der Waals surface area contributed by atoms with Crippen LogP contribution in [0.25, 0.3) is 11.4 Å². The Morgan fingerprint density at radius 2 is 1.56 bits per heavy atom. The van der Waals surface area contributed by atoms with Crippen molar-refractivity contribution in [2.24, 2.45) is 0 Å². The number of thiophene rings is 1. The van der Waals surface area contributed by atoms with E-state index in [1.165, 1.54) is 5.38 Å². The fraction of sp³-hybridized carbons (Fsp3) is 0.316. The van der Waals surface area contributed by atoms with Gasteiger partial charge in [0.2, 0.25) is 5.82 Å². The summed E-state index contributed by atoms with van der Waals surface area (Å²) < 4.78 is 121. The molecule has 4 rings (SSSR count).